The third-order valence-corrected chi connectivity index (χ3v) is 18.6. The van der Waals surface area contributed by atoms with Gasteiger partial charge in [-0.1, -0.05) is 306 Å². The predicted octanol–water partition coefficient (Wildman–Crippen LogP) is 22.4. The fourth-order valence-electron chi connectivity index (χ4n) is 10.7. The van der Waals surface area contributed by atoms with Gasteiger partial charge in [0.05, 0.1) is 26.4 Å². The van der Waals surface area contributed by atoms with E-state index in [1.807, 2.05) is 12.2 Å². The van der Waals surface area contributed by atoms with Crippen molar-refractivity contribution in [2.45, 2.75) is 367 Å². The van der Waals surface area contributed by atoms with E-state index in [0.29, 0.717) is 32.1 Å². The maximum atomic E-state index is 13.1. The minimum atomic E-state index is -4.98. The molecule has 0 aromatic carbocycles. The van der Waals surface area contributed by atoms with Crippen molar-refractivity contribution >= 4 is 39.5 Å². The van der Waals surface area contributed by atoms with Crippen LogP contribution < -0.4 is 0 Å². The van der Waals surface area contributed by atoms with Crippen LogP contribution in [0.4, 0.5) is 0 Å². The van der Waals surface area contributed by atoms with Crippen LogP contribution in [0.15, 0.2) is 72.9 Å². The monoisotopic (exact) mass is 1420 g/mol. The smallest absolute Gasteiger partial charge is 0.462 e. The number of ether oxygens (including phenoxy) is 4. The number of hydrogen-bond acceptors (Lipinski definition) is 15. The van der Waals surface area contributed by atoms with Crippen molar-refractivity contribution in [3.8, 4) is 0 Å². The Labute approximate surface area is 596 Å². The topological polar surface area (TPSA) is 237 Å². The molecule has 0 aromatic heterocycles. The van der Waals surface area contributed by atoms with E-state index in [0.717, 1.165) is 109 Å². The number of carbonyl (C=O) groups excluding carboxylic acids is 4. The normalized spacial score (nSPS) is 14.3. The molecule has 0 rings (SSSR count). The number of aliphatic hydroxyl groups excluding tert-OH is 1. The van der Waals surface area contributed by atoms with Crippen molar-refractivity contribution in [1.82, 2.24) is 0 Å². The van der Waals surface area contributed by atoms with Gasteiger partial charge in [-0.15, -0.1) is 0 Å². The molecule has 0 fully saturated rings. The van der Waals surface area contributed by atoms with Gasteiger partial charge in [0.25, 0.3) is 0 Å². The first-order chi connectivity index (χ1) is 47.7. The lowest BCUT2D eigenvalue weighted by Gasteiger charge is -2.21. The number of hydrogen-bond donors (Lipinski definition) is 3. The highest BCUT2D eigenvalue weighted by atomic mass is 31.2. The van der Waals surface area contributed by atoms with Crippen molar-refractivity contribution < 1.29 is 80.2 Å². The number of phosphoric acid groups is 2. The summed E-state index contributed by atoms with van der Waals surface area (Å²) in [5.74, 6) is -2.23. The van der Waals surface area contributed by atoms with Crippen LogP contribution in [0.2, 0.25) is 0 Å². The first kappa shape index (κ1) is 94.5. The van der Waals surface area contributed by atoms with Crippen LogP contribution >= 0.6 is 15.6 Å². The van der Waals surface area contributed by atoms with Crippen LogP contribution in [0, 0.1) is 0 Å². The number of aliphatic hydroxyl groups is 1. The van der Waals surface area contributed by atoms with E-state index < -0.39 is 97.5 Å². The molecule has 0 spiro atoms. The maximum Gasteiger partial charge on any atom is 0.472 e. The summed E-state index contributed by atoms with van der Waals surface area (Å²) < 4.78 is 68.5. The molecule has 17 nitrogen and oxygen atoms in total. The molecule has 0 saturated carbocycles. The summed E-state index contributed by atoms with van der Waals surface area (Å²) >= 11 is 0. The zero-order chi connectivity index (χ0) is 71.8. The molecule has 19 heteroatoms. The highest BCUT2D eigenvalue weighted by Gasteiger charge is 2.30. The summed E-state index contributed by atoms with van der Waals surface area (Å²) in [7, 11) is -9.96. The Hall–Kier alpha value is -3.50. The van der Waals surface area contributed by atoms with Gasteiger partial charge in [-0.25, -0.2) is 9.13 Å². The van der Waals surface area contributed by atoms with Crippen molar-refractivity contribution in [2.24, 2.45) is 0 Å². The minimum Gasteiger partial charge on any atom is -0.462 e. The van der Waals surface area contributed by atoms with Crippen LogP contribution in [0.25, 0.3) is 0 Å². The van der Waals surface area contributed by atoms with E-state index in [9.17, 15) is 43.2 Å². The van der Waals surface area contributed by atoms with Gasteiger partial charge in [-0.05, 0) is 89.9 Å². The Kier molecular flexibility index (Phi) is 69.3. The molecular weight excluding hydrogens is 1280 g/mol. The predicted molar refractivity (Wildman–Crippen MR) is 400 cm³/mol. The van der Waals surface area contributed by atoms with Crippen LogP contribution in [-0.4, -0.2) is 96.7 Å². The van der Waals surface area contributed by atoms with Crippen molar-refractivity contribution in [3.05, 3.63) is 72.9 Å². The van der Waals surface area contributed by atoms with E-state index in [1.165, 1.54) is 154 Å². The van der Waals surface area contributed by atoms with E-state index in [2.05, 4.69) is 88.5 Å². The standard InChI is InChI=1S/C79H142O17P2/c1-5-9-13-17-21-25-29-33-35-36-38-42-46-50-54-58-62-66-79(84)96-75(69-89-76(81)63-59-55-51-47-43-39-31-27-23-19-15-11-7-3)72-94-98(87,88)92-68-73(80)67-91-97(85,86)93-71-74(95-78(83)65-61-57-53-49-45-40-32-28-24-20-16-12-8-4)70-90-77(82)64-60-56-52-48-44-41-37-34-30-26-22-18-14-10-6-2/h21,25-26,30,33-35,37-38,42,50,54,73-75,80H,5-20,22-24,27-29,31-32,36,39-41,43-49,51-53,55-72H2,1-4H3,(H,85,86)(H,87,88)/b25-21-,30-26-,35-33-,37-34-,42-38-,54-50-/t73-,74+,75+/m0/s1. The molecule has 98 heavy (non-hydrogen) atoms. The summed E-state index contributed by atoms with van der Waals surface area (Å²) in [5, 5.41) is 10.6. The van der Waals surface area contributed by atoms with E-state index in [4.69, 9.17) is 37.0 Å². The number of allylic oxidation sites excluding steroid dienone is 12. The zero-order valence-corrected chi connectivity index (χ0v) is 64.0. The lowest BCUT2D eigenvalue weighted by Crippen LogP contribution is -2.30. The minimum absolute atomic E-state index is 0.0231. The van der Waals surface area contributed by atoms with Gasteiger partial charge in [0.2, 0.25) is 0 Å². The lowest BCUT2D eigenvalue weighted by atomic mass is 10.0. The molecule has 0 bridgehead atoms. The van der Waals surface area contributed by atoms with Gasteiger partial charge in [0.1, 0.15) is 19.3 Å². The molecule has 0 aliphatic carbocycles. The average Bonchev–Trinajstić information content (AvgIpc) is 1.02. The molecule has 0 saturated heterocycles. The number of esters is 4. The first-order valence-corrected chi connectivity index (χ1v) is 42.2. The van der Waals surface area contributed by atoms with E-state index >= 15 is 0 Å². The van der Waals surface area contributed by atoms with Gasteiger partial charge < -0.3 is 33.8 Å². The number of carbonyl (C=O) groups is 4. The van der Waals surface area contributed by atoms with Gasteiger partial charge in [-0.3, -0.25) is 37.3 Å². The molecule has 5 atom stereocenters. The maximum absolute atomic E-state index is 13.1. The van der Waals surface area contributed by atoms with Crippen LogP contribution in [0.3, 0.4) is 0 Å². The Morgan fingerprint density at radius 2 is 0.541 bits per heavy atom. The second-order valence-electron chi connectivity index (χ2n) is 26.3. The van der Waals surface area contributed by atoms with E-state index in [1.54, 1.807) is 0 Å². The quantitative estimate of drug-likeness (QED) is 0.0128. The molecule has 0 aliphatic heterocycles. The zero-order valence-electron chi connectivity index (χ0n) is 62.2. The van der Waals surface area contributed by atoms with Gasteiger partial charge in [0.15, 0.2) is 12.2 Å². The first-order valence-electron chi connectivity index (χ1n) is 39.2. The van der Waals surface area contributed by atoms with Gasteiger partial charge in [0, 0.05) is 25.7 Å². The van der Waals surface area contributed by atoms with Crippen LogP contribution in [-0.2, 0) is 65.4 Å². The molecule has 570 valence electrons. The Morgan fingerprint density at radius 1 is 0.296 bits per heavy atom. The largest absolute Gasteiger partial charge is 0.472 e. The number of phosphoric ester groups is 2. The fraction of sp³-hybridized carbons (Fsp3) is 0.797. The fourth-order valence-corrected chi connectivity index (χ4v) is 12.3. The van der Waals surface area contributed by atoms with Crippen molar-refractivity contribution in [1.29, 1.82) is 0 Å². The third kappa shape index (κ3) is 70.9. The van der Waals surface area contributed by atoms with Gasteiger partial charge in [-0.2, -0.15) is 0 Å². The summed E-state index contributed by atoms with van der Waals surface area (Å²) in [4.78, 5) is 72.8. The second kappa shape index (κ2) is 71.9. The Morgan fingerprint density at radius 3 is 0.898 bits per heavy atom. The van der Waals surface area contributed by atoms with Crippen molar-refractivity contribution in [3.63, 3.8) is 0 Å². The molecule has 0 aliphatic rings. The molecule has 0 amide bonds. The molecule has 0 heterocycles. The SMILES string of the molecule is CCCCC/C=C\C/C=C\C/C=C\C/C=C\CCCC(=O)O[C@H](COC(=O)CCCCCCCCCCCCCCC)COP(=O)(O)OC[C@@H](O)COP(=O)(O)OC[C@@H](COC(=O)CCCCCCC/C=C\C=C/CCCCCC)OC(=O)CCCCCCCCCCCCCCC. The summed E-state index contributed by atoms with van der Waals surface area (Å²) in [6.07, 6.45) is 71.7. The number of rotatable bonds is 74. The molecule has 2 unspecified atom stereocenters. The Balaban J connectivity index is 5.38. The summed E-state index contributed by atoms with van der Waals surface area (Å²) in [6, 6.07) is 0. The van der Waals surface area contributed by atoms with Crippen LogP contribution in [0.1, 0.15) is 349 Å². The molecule has 3 N–H and O–H groups in total. The highest BCUT2D eigenvalue weighted by molar-refractivity contribution is 7.47. The average molecular weight is 1430 g/mol. The molecule has 0 aromatic rings. The Bertz CT molecular complexity index is 2140. The third-order valence-electron chi connectivity index (χ3n) is 16.7. The summed E-state index contributed by atoms with van der Waals surface area (Å²) in [6.45, 7) is 4.80. The molecular formula is C79H142O17P2. The number of unbranched alkanes of at least 4 members (excludes halogenated alkanes) is 37. The lowest BCUT2D eigenvalue weighted by molar-refractivity contribution is -0.161. The van der Waals surface area contributed by atoms with Crippen molar-refractivity contribution in [2.75, 3.05) is 39.6 Å². The second-order valence-corrected chi connectivity index (χ2v) is 29.2. The van der Waals surface area contributed by atoms with Gasteiger partial charge >= 0.3 is 39.5 Å². The van der Waals surface area contributed by atoms with E-state index in [-0.39, 0.29) is 25.7 Å². The molecule has 0 radical (unpaired) electrons. The van der Waals surface area contributed by atoms with Crippen LogP contribution in [0.5, 0.6) is 0 Å². The highest BCUT2D eigenvalue weighted by Crippen LogP contribution is 2.45. The summed E-state index contributed by atoms with van der Waals surface area (Å²) in [5.41, 5.74) is 0.